The van der Waals surface area contributed by atoms with Gasteiger partial charge in [-0.3, -0.25) is 9.59 Å². The summed E-state index contributed by atoms with van der Waals surface area (Å²) in [7, 11) is 0. The number of carbonyl (C=O) groups excluding carboxylic acids is 1. The van der Waals surface area contributed by atoms with Gasteiger partial charge in [0, 0.05) is 6.54 Å². The molecule has 5 nitrogen and oxygen atoms in total. The van der Waals surface area contributed by atoms with Crippen LogP contribution in [-0.4, -0.2) is 10.8 Å². The number of rotatable bonds is 6. The van der Waals surface area contributed by atoms with Crippen molar-refractivity contribution in [1.82, 2.24) is 4.90 Å². The van der Waals surface area contributed by atoms with Gasteiger partial charge in [-0.2, -0.15) is 0 Å². The fourth-order valence-electron chi connectivity index (χ4n) is 5.02. The third-order valence-corrected chi connectivity index (χ3v) is 7.04. The molecule has 38 heavy (non-hydrogen) atoms. The van der Waals surface area contributed by atoms with Gasteiger partial charge in [0.1, 0.15) is 17.9 Å². The summed E-state index contributed by atoms with van der Waals surface area (Å²) in [6.45, 7) is 4.78. The summed E-state index contributed by atoms with van der Waals surface area (Å²) in [6, 6.07) is 30.6. The van der Waals surface area contributed by atoms with Gasteiger partial charge in [-0.25, -0.2) is 0 Å². The number of amides is 1. The van der Waals surface area contributed by atoms with Gasteiger partial charge in [0.25, 0.3) is 5.91 Å². The number of nitrogens with zero attached hydrogens (tertiary/aromatic N) is 1. The Kier molecular flexibility index (Phi) is 6.04. The van der Waals surface area contributed by atoms with Crippen molar-refractivity contribution in [3.05, 3.63) is 146 Å². The minimum Gasteiger partial charge on any atom is -0.489 e. The van der Waals surface area contributed by atoms with Crippen molar-refractivity contribution in [1.29, 1.82) is 0 Å². The SMILES string of the molecule is Cc1ccc(CN2C(=O)c3oc4ccc(C)cc4c(=O)c3C2c2ccc(OCc3ccccc3)cc2)cc1. The molecule has 6 rings (SSSR count). The predicted octanol–water partition coefficient (Wildman–Crippen LogP) is 6.73. The van der Waals surface area contributed by atoms with Crippen LogP contribution in [0.3, 0.4) is 0 Å². The molecule has 0 radical (unpaired) electrons. The molecule has 0 saturated carbocycles. The summed E-state index contributed by atoms with van der Waals surface area (Å²) in [5, 5.41) is 0.488. The molecular formula is C33H27NO4. The first-order chi connectivity index (χ1) is 18.5. The van der Waals surface area contributed by atoms with E-state index in [4.69, 9.17) is 9.15 Å². The number of carbonyl (C=O) groups is 1. The van der Waals surface area contributed by atoms with Gasteiger partial charge in [-0.05, 0) is 54.8 Å². The molecule has 5 aromatic rings. The summed E-state index contributed by atoms with van der Waals surface area (Å²) in [5.41, 5.74) is 5.64. The van der Waals surface area contributed by atoms with Crippen LogP contribution in [0.2, 0.25) is 0 Å². The molecule has 0 fully saturated rings. The summed E-state index contributed by atoms with van der Waals surface area (Å²) in [5.74, 6) is 0.552. The maximum atomic E-state index is 13.8. The fraction of sp³-hybridized carbons (Fsp3) is 0.152. The van der Waals surface area contributed by atoms with E-state index in [1.54, 1.807) is 11.0 Å². The molecule has 0 saturated heterocycles. The Morgan fingerprint density at radius 3 is 2.24 bits per heavy atom. The van der Waals surface area contributed by atoms with Crippen LogP contribution in [0.25, 0.3) is 11.0 Å². The van der Waals surface area contributed by atoms with E-state index in [2.05, 4.69) is 0 Å². The predicted molar refractivity (Wildman–Crippen MR) is 147 cm³/mol. The molecule has 4 aromatic carbocycles. The van der Waals surface area contributed by atoms with Gasteiger partial charge in [0.15, 0.2) is 5.43 Å². The molecule has 1 atom stereocenters. The molecule has 2 heterocycles. The third kappa shape index (κ3) is 4.37. The molecule has 1 amide bonds. The number of fused-ring (bicyclic) bond motifs is 2. The highest BCUT2D eigenvalue weighted by Gasteiger charge is 2.42. The van der Waals surface area contributed by atoms with Crippen molar-refractivity contribution in [2.75, 3.05) is 0 Å². The highest BCUT2D eigenvalue weighted by molar-refractivity contribution is 5.99. The van der Waals surface area contributed by atoms with E-state index in [1.807, 2.05) is 105 Å². The number of hydrogen-bond acceptors (Lipinski definition) is 4. The number of ether oxygens (including phenoxy) is 1. The minimum absolute atomic E-state index is 0.118. The first kappa shape index (κ1) is 23.7. The Bertz CT molecular complexity index is 1690. The van der Waals surface area contributed by atoms with Crippen LogP contribution in [0.5, 0.6) is 5.75 Å². The van der Waals surface area contributed by atoms with Crippen molar-refractivity contribution in [2.45, 2.75) is 33.0 Å². The van der Waals surface area contributed by atoms with Crippen molar-refractivity contribution in [2.24, 2.45) is 0 Å². The second-order valence-corrected chi connectivity index (χ2v) is 9.84. The maximum absolute atomic E-state index is 13.8. The Morgan fingerprint density at radius 2 is 1.50 bits per heavy atom. The molecule has 0 bridgehead atoms. The highest BCUT2D eigenvalue weighted by Crippen LogP contribution is 2.39. The summed E-state index contributed by atoms with van der Waals surface area (Å²) in [6.07, 6.45) is 0. The number of aryl methyl sites for hydroxylation is 2. The Balaban J connectivity index is 1.40. The van der Waals surface area contributed by atoms with Crippen LogP contribution in [0.15, 0.2) is 106 Å². The Labute approximate surface area is 220 Å². The summed E-state index contributed by atoms with van der Waals surface area (Å²) >= 11 is 0. The first-order valence-electron chi connectivity index (χ1n) is 12.7. The smallest absolute Gasteiger partial charge is 0.291 e. The lowest BCUT2D eigenvalue weighted by Gasteiger charge is -2.25. The second-order valence-electron chi connectivity index (χ2n) is 9.84. The Hall–Kier alpha value is -4.64. The monoisotopic (exact) mass is 501 g/mol. The lowest BCUT2D eigenvalue weighted by molar-refractivity contribution is 0.0714. The van der Waals surface area contributed by atoms with E-state index in [0.29, 0.717) is 35.4 Å². The molecule has 1 unspecified atom stereocenters. The molecule has 0 spiro atoms. The minimum atomic E-state index is -0.567. The number of benzene rings is 4. The zero-order valence-electron chi connectivity index (χ0n) is 21.3. The molecule has 5 heteroatoms. The molecule has 1 aliphatic heterocycles. The van der Waals surface area contributed by atoms with Gasteiger partial charge in [-0.1, -0.05) is 83.9 Å². The van der Waals surface area contributed by atoms with E-state index in [-0.39, 0.29) is 17.1 Å². The third-order valence-electron chi connectivity index (χ3n) is 7.04. The molecule has 188 valence electrons. The zero-order chi connectivity index (χ0) is 26.2. The topological polar surface area (TPSA) is 59.8 Å². The van der Waals surface area contributed by atoms with Crippen LogP contribution in [-0.2, 0) is 13.2 Å². The average molecular weight is 502 g/mol. The average Bonchev–Trinajstić information content (AvgIpc) is 3.21. The largest absolute Gasteiger partial charge is 0.489 e. The number of hydrogen-bond donors (Lipinski definition) is 0. The van der Waals surface area contributed by atoms with Gasteiger partial charge in [0.05, 0.1) is 17.0 Å². The second kappa shape index (κ2) is 9.67. The van der Waals surface area contributed by atoms with Gasteiger partial charge >= 0.3 is 0 Å². The highest BCUT2D eigenvalue weighted by atomic mass is 16.5. The maximum Gasteiger partial charge on any atom is 0.291 e. The quantitative estimate of drug-likeness (QED) is 0.259. The van der Waals surface area contributed by atoms with Crippen LogP contribution in [0.1, 0.15) is 50.0 Å². The van der Waals surface area contributed by atoms with E-state index < -0.39 is 6.04 Å². The van der Waals surface area contributed by atoms with E-state index in [1.165, 1.54) is 0 Å². The van der Waals surface area contributed by atoms with Crippen molar-refractivity contribution in [3.8, 4) is 5.75 Å². The van der Waals surface area contributed by atoms with Gasteiger partial charge in [-0.15, -0.1) is 0 Å². The normalized spacial score (nSPS) is 14.6. The molecule has 1 aliphatic rings. The van der Waals surface area contributed by atoms with E-state index in [0.717, 1.165) is 27.8 Å². The zero-order valence-corrected chi connectivity index (χ0v) is 21.3. The fourth-order valence-corrected chi connectivity index (χ4v) is 5.02. The van der Waals surface area contributed by atoms with E-state index in [9.17, 15) is 9.59 Å². The molecule has 0 aliphatic carbocycles. The van der Waals surface area contributed by atoms with Crippen molar-refractivity contribution < 1.29 is 13.9 Å². The molecule has 0 N–H and O–H groups in total. The molecule has 1 aromatic heterocycles. The summed E-state index contributed by atoms with van der Waals surface area (Å²) in [4.78, 5) is 29.2. The van der Waals surface area contributed by atoms with Crippen LogP contribution in [0, 0.1) is 13.8 Å². The van der Waals surface area contributed by atoms with Crippen LogP contribution in [0.4, 0.5) is 0 Å². The lowest BCUT2D eigenvalue weighted by Crippen LogP contribution is -2.29. The lowest BCUT2D eigenvalue weighted by atomic mass is 9.97. The van der Waals surface area contributed by atoms with Crippen molar-refractivity contribution in [3.63, 3.8) is 0 Å². The first-order valence-corrected chi connectivity index (χ1v) is 12.7. The van der Waals surface area contributed by atoms with Crippen molar-refractivity contribution >= 4 is 16.9 Å². The van der Waals surface area contributed by atoms with E-state index >= 15 is 0 Å². The standard InChI is InChI=1S/C33H27NO4/c1-21-8-11-23(12-9-21)19-34-30(25-13-15-26(16-14-25)37-20-24-6-4-3-5-7-24)29-31(35)27-18-22(2)10-17-28(27)38-32(29)33(34)36/h3-18,30H,19-20H2,1-2H3. The van der Waals surface area contributed by atoms with Gasteiger partial charge in [0.2, 0.25) is 5.76 Å². The van der Waals surface area contributed by atoms with Crippen LogP contribution >= 0.6 is 0 Å². The van der Waals surface area contributed by atoms with Gasteiger partial charge < -0.3 is 14.1 Å². The molecular weight excluding hydrogens is 474 g/mol. The van der Waals surface area contributed by atoms with Crippen LogP contribution < -0.4 is 10.2 Å². The Morgan fingerprint density at radius 1 is 0.789 bits per heavy atom. The summed E-state index contributed by atoms with van der Waals surface area (Å²) < 4.78 is 12.1.